The van der Waals surface area contributed by atoms with Crippen LogP contribution in [0.4, 0.5) is 8.78 Å². The Morgan fingerprint density at radius 2 is 1.95 bits per heavy atom. The third-order valence-electron chi connectivity index (χ3n) is 4.33. The average molecular weight is 281 g/mol. The van der Waals surface area contributed by atoms with Crippen LogP contribution in [0.2, 0.25) is 0 Å². The smallest absolute Gasteiger partial charge is 0.159 e. The lowest BCUT2D eigenvalue weighted by molar-refractivity contribution is 0.409. The zero-order valence-corrected chi connectivity index (χ0v) is 12.3. The van der Waals surface area contributed by atoms with Crippen LogP contribution in [0.3, 0.4) is 0 Å². The van der Waals surface area contributed by atoms with Gasteiger partial charge in [0.15, 0.2) is 11.6 Å². The van der Waals surface area contributed by atoms with Crippen LogP contribution in [0.1, 0.15) is 63.5 Å². The van der Waals surface area contributed by atoms with Gasteiger partial charge in [0.1, 0.15) is 0 Å². The van der Waals surface area contributed by atoms with Crippen LogP contribution in [-0.4, -0.2) is 6.54 Å². The second-order valence-corrected chi connectivity index (χ2v) is 5.91. The highest BCUT2D eigenvalue weighted by Gasteiger charge is 2.19. The minimum atomic E-state index is -0.765. The zero-order chi connectivity index (χ0) is 14.4. The third-order valence-corrected chi connectivity index (χ3v) is 4.33. The summed E-state index contributed by atoms with van der Waals surface area (Å²) in [5.74, 6) is -0.684. The fourth-order valence-electron chi connectivity index (χ4n) is 3.14. The molecule has 3 heteroatoms. The van der Waals surface area contributed by atoms with Gasteiger partial charge in [-0.1, -0.05) is 38.7 Å². The number of rotatable bonds is 7. The molecule has 0 aromatic heterocycles. The van der Waals surface area contributed by atoms with E-state index < -0.39 is 11.6 Å². The van der Waals surface area contributed by atoms with Crippen LogP contribution in [0, 0.1) is 17.6 Å². The molecule has 2 rings (SSSR count). The number of hydrogen-bond donors (Lipinski definition) is 1. The van der Waals surface area contributed by atoms with Gasteiger partial charge in [-0.15, -0.1) is 0 Å². The van der Waals surface area contributed by atoms with Crippen molar-refractivity contribution in [3.63, 3.8) is 0 Å². The second-order valence-electron chi connectivity index (χ2n) is 5.91. The molecule has 0 spiro atoms. The highest BCUT2D eigenvalue weighted by molar-refractivity contribution is 5.21. The number of halogens is 2. The highest BCUT2D eigenvalue weighted by Crippen LogP contribution is 2.31. The summed E-state index contributed by atoms with van der Waals surface area (Å²) in [7, 11) is 0. The Kier molecular flexibility index (Phi) is 5.96. The molecule has 1 aromatic carbocycles. The van der Waals surface area contributed by atoms with Gasteiger partial charge in [0, 0.05) is 6.04 Å². The molecule has 1 nitrogen and oxygen atoms in total. The molecule has 1 aliphatic carbocycles. The molecular weight excluding hydrogens is 256 g/mol. The summed E-state index contributed by atoms with van der Waals surface area (Å²) in [6.07, 6.45) is 8.60. The first-order valence-corrected chi connectivity index (χ1v) is 7.89. The van der Waals surface area contributed by atoms with Crippen LogP contribution in [0.5, 0.6) is 0 Å². The lowest BCUT2D eigenvalue weighted by Crippen LogP contribution is -2.23. The van der Waals surface area contributed by atoms with Crippen molar-refractivity contribution in [1.82, 2.24) is 5.32 Å². The van der Waals surface area contributed by atoms with Gasteiger partial charge in [-0.2, -0.15) is 0 Å². The van der Waals surface area contributed by atoms with Crippen LogP contribution in [-0.2, 0) is 0 Å². The summed E-state index contributed by atoms with van der Waals surface area (Å²) in [6, 6.07) is 4.43. The maximum Gasteiger partial charge on any atom is 0.159 e. The monoisotopic (exact) mass is 281 g/mol. The van der Waals surface area contributed by atoms with E-state index in [1.165, 1.54) is 44.2 Å². The first kappa shape index (κ1) is 15.4. The van der Waals surface area contributed by atoms with E-state index in [2.05, 4.69) is 12.2 Å². The Morgan fingerprint density at radius 3 is 2.60 bits per heavy atom. The first-order chi connectivity index (χ1) is 9.70. The fraction of sp³-hybridized carbons (Fsp3) is 0.647. The minimum absolute atomic E-state index is 0.144. The SMILES string of the molecule is CCCNC(CCC1CCCC1)c1ccc(F)c(F)c1. The van der Waals surface area contributed by atoms with Gasteiger partial charge in [0.2, 0.25) is 0 Å². The summed E-state index contributed by atoms with van der Waals surface area (Å²) in [5, 5.41) is 3.47. The Morgan fingerprint density at radius 1 is 1.20 bits per heavy atom. The molecule has 1 aliphatic rings. The first-order valence-electron chi connectivity index (χ1n) is 7.89. The number of hydrogen-bond acceptors (Lipinski definition) is 1. The van der Waals surface area contributed by atoms with Crippen LogP contribution < -0.4 is 5.32 Å². The van der Waals surface area contributed by atoms with Crippen molar-refractivity contribution in [3.05, 3.63) is 35.4 Å². The molecule has 0 aliphatic heterocycles. The summed E-state index contributed by atoms with van der Waals surface area (Å²) >= 11 is 0. The fourth-order valence-corrected chi connectivity index (χ4v) is 3.14. The standard InChI is InChI=1S/C17H25F2N/c1-2-11-20-17(10-7-13-5-3-4-6-13)14-8-9-15(18)16(19)12-14/h8-9,12-13,17,20H,2-7,10-11H2,1H3. The van der Waals surface area contributed by atoms with Crippen LogP contribution >= 0.6 is 0 Å². The maximum absolute atomic E-state index is 13.4. The molecule has 1 aromatic rings. The molecule has 0 radical (unpaired) electrons. The third kappa shape index (κ3) is 4.27. The van der Waals surface area contributed by atoms with Crippen molar-refractivity contribution in [1.29, 1.82) is 0 Å². The molecular formula is C17H25F2N. The molecule has 1 atom stereocenters. The normalized spacial score (nSPS) is 17.6. The van der Waals surface area contributed by atoms with E-state index in [1.807, 2.05) is 0 Å². The van der Waals surface area contributed by atoms with Crippen molar-refractivity contribution in [2.75, 3.05) is 6.54 Å². The van der Waals surface area contributed by atoms with Crippen molar-refractivity contribution in [3.8, 4) is 0 Å². The van der Waals surface area contributed by atoms with Gasteiger partial charge < -0.3 is 5.32 Å². The Hall–Kier alpha value is -0.960. The molecule has 20 heavy (non-hydrogen) atoms. The van der Waals surface area contributed by atoms with Crippen molar-refractivity contribution in [2.45, 2.75) is 57.9 Å². The lowest BCUT2D eigenvalue weighted by atomic mass is 9.94. The number of benzene rings is 1. The van der Waals surface area contributed by atoms with Crippen molar-refractivity contribution in [2.24, 2.45) is 5.92 Å². The molecule has 112 valence electrons. The summed E-state index contributed by atoms with van der Waals surface area (Å²) in [5.41, 5.74) is 0.871. The topological polar surface area (TPSA) is 12.0 Å². The van der Waals surface area contributed by atoms with E-state index in [0.29, 0.717) is 0 Å². The largest absolute Gasteiger partial charge is 0.310 e. The molecule has 1 unspecified atom stereocenters. The van der Waals surface area contributed by atoms with Gasteiger partial charge >= 0.3 is 0 Å². The van der Waals surface area contributed by atoms with E-state index in [9.17, 15) is 8.78 Å². The lowest BCUT2D eigenvalue weighted by Gasteiger charge is -2.21. The van der Waals surface area contributed by atoms with E-state index in [0.717, 1.165) is 30.9 Å². The highest BCUT2D eigenvalue weighted by atomic mass is 19.2. The Bertz CT molecular complexity index is 413. The molecule has 1 N–H and O–H groups in total. The molecule has 0 heterocycles. The van der Waals surface area contributed by atoms with Gasteiger partial charge in [0.25, 0.3) is 0 Å². The predicted octanol–water partition coefficient (Wildman–Crippen LogP) is 4.98. The quantitative estimate of drug-likeness (QED) is 0.743. The average Bonchev–Trinajstić information content (AvgIpc) is 2.95. The van der Waals surface area contributed by atoms with Gasteiger partial charge in [-0.05, 0) is 49.4 Å². The second kappa shape index (κ2) is 7.72. The maximum atomic E-state index is 13.4. The molecule has 1 saturated carbocycles. The summed E-state index contributed by atoms with van der Waals surface area (Å²) in [6.45, 7) is 3.03. The molecule has 0 saturated heterocycles. The number of nitrogens with one attached hydrogen (secondary N) is 1. The Balaban J connectivity index is 1.99. The van der Waals surface area contributed by atoms with Gasteiger partial charge in [-0.25, -0.2) is 8.78 Å². The van der Waals surface area contributed by atoms with E-state index in [4.69, 9.17) is 0 Å². The van der Waals surface area contributed by atoms with Gasteiger partial charge in [0.05, 0.1) is 0 Å². The summed E-state index contributed by atoms with van der Waals surface area (Å²) in [4.78, 5) is 0. The molecule has 1 fully saturated rings. The molecule has 0 amide bonds. The van der Waals surface area contributed by atoms with Crippen molar-refractivity contribution < 1.29 is 8.78 Å². The Labute approximate surface area is 120 Å². The van der Waals surface area contributed by atoms with E-state index in [1.54, 1.807) is 6.07 Å². The van der Waals surface area contributed by atoms with Crippen LogP contribution in [0.15, 0.2) is 18.2 Å². The van der Waals surface area contributed by atoms with Crippen LogP contribution in [0.25, 0.3) is 0 Å². The van der Waals surface area contributed by atoms with Gasteiger partial charge in [-0.3, -0.25) is 0 Å². The summed E-state index contributed by atoms with van der Waals surface area (Å²) < 4.78 is 26.5. The zero-order valence-electron chi connectivity index (χ0n) is 12.3. The van der Waals surface area contributed by atoms with E-state index >= 15 is 0 Å². The van der Waals surface area contributed by atoms with Crippen molar-refractivity contribution >= 4 is 0 Å². The molecule has 0 bridgehead atoms. The predicted molar refractivity (Wildman–Crippen MR) is 78.6 cm³/mol. The van der Waals surface area contributed by atoms with E-state index in [-0.39, 0.29) is 6.04 Å². The minimum Gasteiger partial charge on any atom is -0.310 e.